The van der Waals surface area contributed by atoms with Crippen molar-refractivity contribution in [3.63, 3.8) is 0 Å². The van der Waals surface area contributed by atoms with E-state index in [1.165, 1.54) is 25.7 Å². The van der Waals surface area contributed by atoms with Gasteiger partial charge in [-0.1, -0.05) is 30.5 Å². The van der Waals surface area contributed by atoms with Crippen LogP contribution in [-0.4, -0.2) is 9.78 Å². The van der Waals surface area contributed by atoms with Crippen LogP contribution in [0.15, 0.2) is 36.5 Å². The Bertz CT molecular complexity index is 544. The van der Waals surface area contributed by atoms with E-state index in [4.69, 9.17) is 11.6 Å². The number of rotatable bonds is 4. The summed E-state index contributed by atoms with van der Waals surface area (Å²) in [5, 5.41) is 8.75. The van der Waals surface area contributed by atoms with Gasteiger partial charge in [0.2, 0.25) is 0 Å². The summed E-state index contributed by atoms with van der Waals surface area (Å²) < 4.78 is 2.13. The lowest BCUT2D eigenvalue weighted by Gasteiger charge is -2.09. The van der Waals surface area contributed by atoms with Gasteiger partial charge in [-0.05, 0) is 37.1 Å². The molecule has 3 nitrogen and oxygen atoms in total. The van der Waals surface area contributed by atoms with Crippen molar-refractivity contribution in [2.45, 2.75) is 38.3 Å². The molecule has 100 valence electrons. The summed E-state index contributed by atoms with van der Waals surface area (Å²) in [6.07, 6.45) is 7.30. The van der Waals surface area contributed by atoms with Gasteiger partial charge in [-0.25, -0.2) is 0 Å². The molecule has 0 atom stereocenters. The highest BCUT2D eigenvalue weighted by molar-refractivity contribution is 6.30. The molecule has 1 aromatic carbocycles. The zero-order valence-corrected chi connectivity index (χ0v) is 11.6. The molecule has 0 saturated heterocycles. The number of anilines is 1. The van der Waals surface area contributed by atoms with Crippen LogP contribution in [0, 0.1) is 0 Å². The van der Waals surface area contributed by atoms with Gasteiger partial charge in [0.1, 0.15) is 0 Å². The second-order valence-electron chi connectivity index (χ2n) is 5.09. The highest BCUT2D eigenvalue weighted by Gasteiger charge is 2.17. The van der Waals surface area contributed by atoms with E-state index < -0.39 is 0 Å². The average molecular weight is 276 g/mol. The first kappa shape index (κ1) is 12.5. The summed E-state index contributed by atoms with van der Waals surface area (Å²) in [5.41, 5.74) is 2.11. The zero-order valence-electron chi connectivity index (χ0n) is 10.8. The van der Waals surface area contributed by atoms with Crippen LogP contribution < -0.4 is 5.32 Å². The van der Waals surface area contributed by atoms with Crippen LogP contribution in [0.3, 0.4) is 0 Å². The number of benzene rings is 1. The molecule has 1 fully saturated rings. The predicted octanol–water partition coefficient (Wildman–Crippen LogP) is 4.26. The molecule has 0 radical (unpaired) electrons. The minimum atomic E-state index is 0.611. The maximum Gasteiger partial charge on any atom is 0.0815 e. The van der Waals surface area contributed by atoms with Gasteiger partial charge in [0.05, 0.1) is 18.3 Å². The Morgan fingerprint density at radius 3 is 2.89 bits per heavy atom. The fraction of sp³-hybridized carbons (Fsp3) is 0.400. The van der Waals surface area contributed by atoms with Gasteiger partial charge in [-0.2, -0.15) is 5.10 Å². The summed E-state index contributed by atoms with van der Waals surface area (Å²) in [7, 11) is 0. The summed E-state index contributed by atoms with van der Waals surface area (Å²) >= 11 is 5.96. The summed E-state index contributed by atoms with van der Waals surface area (Å²) in [6.45, 7) is 0.736. The van der Waals surface area contributed by atoms with Crippen molar-refractivity contribution < 1.29 is 0 Å². The molecule has 1 N–H and O–H groups in total. The first-order chi connectivity index (χ1) is 9.31. The Morgan fingerprint density at radius 1 is 1.26 bits per heavy atom. The Balaban J connectivity index is 1.61. The minimum Gasteiger partial charge on any atom is -0.379 e. The number of aromatic nitrogens is 2. The van der Waals surface area contributed by atoms with Gasteiger partial charge < -0.3 is 5.32 Å². The number of nitrogens with zero attached hydrogens (tertiary/aromatic N) is 2. The number of hydrogen-bond acceptors (Lipinski definition) is 2. The molecular weight excluding hydrogens is 258 g/mol. The van der Waals surface area contributed by atoms with E-state index in [9.17, 15) is 0 Å². The molecule has 1 saturated carbocycles. The highest BCUT2D eigenvalue weighted by Crippen LogP contribution is 2.28. The van der Waals surface area contributed by atoms with E-state index in [0.717, 1.165) is 22.9 Å². The van der Waals surface area contributed by atoms with E-state index in [0.29, 0.717) is 6.04 Å². The van der Waals surface area contributed by atoms with E-state index in [1.54, 1.807) is 0 Å². The quantitative estimate of drug-likeness (QED) is 0.903. The molecule has 1 aromatic heterocycles. The second kappa shape index (κ2) is 5.66. The Labute approximate surface area is 118 Å². The van der Waals surface area contributed by atoms with Crippen LogP contribution in [0.2, 0.25) is 5.02 Å². The summed E-state index contributed by atoms with van der Waals surface area (Å²) in [5.74, 6) is 0. The van der Waals surface area contributed by atoms with Gasteiger partial charge in [-0.15, -0.1) is 0 Å². The summed E-state index contributed by atoms with van der Waals surface area (Å²) in [4.78, 5) is 0. The Morgan fingerprint density at radius 2 is 2.11 bits per heavy atom. The van der Waals surface area contributed by atoms with Crippen molar-refractivity contribution in [3.05, 3.63) is 47.2 Å². The standard InChI is InChI=1S/C15H18ClN3/c16-12-4-3-5-13(10-12)17-11-14-8-9-19(18-14)15-6-1-2-7-15/h3-5,8-10,15,17H,1-2,6-7,11H2. The normalized spacial score (nSPS) is 15.8. The zero-order chi connectivity index (χ0) is 13.1. The SMILES string of the molecule is Clc1cccc(NCc2ccn(C3CCCC3)n2)c1. The minimum absolute atomic E-state index is 0.611. The lowest BCUT2D eigenvalue weighted by atomic mass is 10.3. The fourth-order valence-electron chi connectivity index (χ4n) is 2.63. The molecule has 3 rings (SSSR count). The average Bonchev–Trinajstić information content (AvgIpc) is 3.07. The monoisotopic (exact) mass is 275 g/mol. The van der Waals surface area contributed by atoms with Crippen LogP contribution in [0.4, 0.5) is 5.69 Å². The van der Waals surface area contributed by atoms with Crippen LogP contribution in [0.1, 0.15) is 37.4 Å². The number of halogens is 1. The second-order valence-corrected chi connectivity index (χ2v) is 5.53. The molecule has 0 amide bonds. The van der Waals surface area contributed by atoms with Gasteiger partial charge in [0.15, 0.2) is 0 Å². The number of nitrogens with one attached hydrogen (secondary N) is 1. The first-order valence-electron chi connectivity index (χ1n) is 6.85. The van der Waals surface area contributed by atoms with Gasteiger partial charge in [0, 0.05) is 16.9 Å². The van der Waals surface area contributed by atoms with E-state index in [-0.39, 0.29) is 0 Å². The third-order valence-electron chi connectivity index (χ3n) is 3.66. The molecule has 0 aliphatic heterocycles. The lowest BCUT2D eigenvalue weighted by Crippen LogP contribution is -2.07. The van der Waals surface area contributed by atoms with Crippen LogP contribution >= 0.6 is 11.6 Å². The molecule has 2 aromatic rings. The topological polar surface area (TPSA) is 29.9 Å². The molecule has 0 spiro atoms. The van der Waals surface area contributed by atoms with E-state index >= 15 is 0 Å². The predicted molar refractivity (Wildman–Crippen MR) is 78.5 cm³/mol. The van der Waals surface area contributed by atoms with Crippen molar-refractivity contribution in [1.29, 1.82) is 0 Å². The maximum atomic E-state index is 5.96. The van der Waals surface area contributed by atoms with Crippen molar-refractivity contribution >= 4 is 17.3 Å². The van der Waals surface area contributed by atoms with Crippen LogP contribution in [0.25, 0.3) is 0 Å². The molecule has 1 aliphatic carbocycles. The molecular formula is C15H18ClN3. The number of hydrogen-bond donors (Lipinski definition) is 1. The van der Waals surface area contributed by atoms with Crippen molar-refractivity contribution in [2.24, 2.45) is 0 Å². The largest absolute Gasteiger partial charge is 0.379 e. The molecule has 1 heterocycles. The highest BCUT2D eigenvalue weighted by atomic mass is 35.5. The third kappa shape index (κ3) is 3.10. The first-order valence-corrected chi connectivity index (χ1v) is 7.22. The van der Waals surface area contributed by atoms with Crippen LogP contribution in [-0.2, 0) is 6.54 Å². The van der Waals surface area contributed by atoms with Gasteiger partial charge in [-0.3, -0.25) is 4.68 Å². The lowest BCUT2D eigenvalue weighted by molar-refractivity contribution is 0.463. The van der Waals surface area contributed by atoms with Crippen LogP contribution in [0.5, 0.6) is 0 Å². The molecule has 4 heteroatoms. The maximum absolute atomic E-state index is 5.96. The Kier molecular flexibility index (Phi) is 3.74. The van der Waals surface area contributed by atoms with Gasteiger partial charge >= 0.3 is 0 Å². The third-order valence-corrected chi connectivity index (χ3v) is 3.90. The van der Waals surface area contributed by atoms with Crippen molar-refractivity contribution in [3.8, 4) is 0 Å². The van der Waals surface area contributed by atoms with Crippen molar-refractivity contribution in [2.75, 3.05) is 5.32 Å². The van der Waals surface area contributed by atoms with Gasteiger partial charge in [0.25, 0.3) is 0 Å². The van der Waals surface area contributed by atoms with E-state index in [2.05, 4.69) is 27.4 Å². The smallest absolute Gasteiger partial charge is 0.0815 e. The fourth-order valence-corrected chi connectivity index (χ4v) is 2.83. The molecule has 19 heavy (non-hydrogen) atoms. The Hall–Kier alpha value is -1.48. The summed E-state index contributed by atoms with van der Waals surface area (Å²) in [6, 6.07) is 10.5. The molecule has 0 bridgehead atoms. The van der Waals surface area contributed by atoms with Crippen molar-refractivity contribution in [1.82, 2.24) is 9.78 Å². The molecule has 1 aliphatic rings. The molecule has 0 unspecified atom stereocenters. The van der Waals surface area contributed by atoms with E-state index in [1.807, 2.05) is 24.3 Å².